The molecule has 0 radical (unpaired) electrons. The molecule has 118 valence electrons. The van der Waals surface area contributed by atoms with E-state index in [2.05, 4.69) is 17.6 Å². The Morgan fingerprint density at radius 1 is 1.14 bits per heavy atom. The molecule has 1 fully saturated rings. The minimum Gasteiger partial charge on any atom is -0.497 e. The van der Waals surface area contributed by atoms with Gasteiger partial charge in [0.2, 0.25) is 0 Å². The van der Waals surface area contributed by atoms with Crippen LogP contribution >= 0.6 is 11.8 Å². The number of rotatable bonds is 7. The van der Waals surface area contributed by atoms with Gasteiger partial charge in [-0.3, -0.25) is 0 Å². The van der Waals surface area contributed by atoms with E-state index < -0.39 is 0 Å². The van der Waals surface area contributed by atoms with E-state index in [0.717, 1.165) is 24.6 Å². The molecule has 21 heavy (non-hydrogen) atoms. The van der Waals surface area contributed by atoms with Crippen molar-refractivity contribution in [2.45, 2.75) is 43.4 Å². The number of nitrogens with one attached hydrogen (secondary N) is 1. The maximum Gasteiger partial charge on any atom is 0.127 e. The summed E-state index contributed by atoms with van der Waals surface area (Å²) < 4.78 is 11.1. The Balaban J connectivity index is 1.93. The zero-order valence-electron chi connectivity index (χ0n) is 13.4. The Morgan fingerprint density at radius 3 is 2.52 bits per heavy atom. The number of methoxy groups -OCH3 is 2. The van der Waals surface area contributed by atoms with Gasteiger partial charge in [0, 0.05) is 29.5 Å². The normalized spacial score (nSPS) is 17.5. The smallest absolute Gasteiger partial charge is 0.127 e. The number of ether oxygens (including phenoxy) is 2. The molecule has 4 heteroatoms. The van der Waals surface area contributed by atoms with Crippen LogP contribution < -0.4 is 14.8 Å². The van der Waals surface area contributed by atoms with Crippen molar-refractivity contribution in [1.29, 1.82) is 0 Å². The van der Waals surface area contributed by atoms with E-state index in [9.17, 15) is 0 Å². The lowest BCUT2D eigenvalue weighted by molar-refractivity contribution is 0.373. The fourth-order valence-electron chi connectivity index (χ4n) is 3.07. The molecule has 1 aromatic carbocycles. The molecule has 2 rings (SSSR count). The quantitative estimate of drug-likeness (QED) is 0.828. The molecular weight excluding hydrogens is 282 g/mol. The first-order valence-electron chi connectivity index (χ1n) is 7.70. The van der Waals surface area contributed by atoms with Gasteiger partial charge in [-0.1, -0.05) is 25.3 Å². The van der Waals surface area contributed by atoms with Gasteiger partial charge in [0.15, 0.2) is 0 Å². The van der Waals surface area contributed by atoms with E-state index >= 15 is 0 Å². The molecule has 1 aliphatic carbocycles. The van der Waals surface area contributed by atoms with E-state index in [-0.39, 0.29) is 0 Å². The molecule has 0 aromatic heterocycles. The first-order valence-corrected chi connectivity index (χ1v) is 8.92. The van der Waals surface area contributed by atoms with Crippen molar-refractivity contribution >= 4 is 11.8 Å². The second-order valence-electron chi connectivity index (χ2n) is 5.73. The fraction of sp³-hybridized carbons (Fsp3) is 0.647. The van der Waals surface area contributed by atoms with Crippen molar-refractivity contribution in [2.24, 2.45) is 0 Å². The number of thioether (sulfide) groups is 1. The van der Waals surface area contributed by atoms with Crippen LogP contribution in [0, 0.1) is 0 Å². The van der Waals surface area contributed by atoms with Crippen LogP contribution in [0.4, 0.5) is 0 Å². The topological polar surface area (TPSA) is 30.5 Å². The number of hydrogen-bond donors (Lipinski definition) is 1. The molecule has 1 aromatic rings. The summed E-state index contributed by atoms with van der Waals surface area (Å²) in [5.74, 6) is 1.73. The molecule has 0 unspecified atom stereocenters. The molecule has 0 aliphatic heterocycles. The maximum absolute atomic E-state index is 5.46. The van der Waals surface area contributed by atoms with Crippen LogP contribution in [0.5, 0.6) is 11.5 Å². The molecule has 0 atom stereocenters. The van der Waals surface area contributed by atoms with Crippen molar-refractivity contribution in [3.63, 3.8) is 0 Å². The highest BCUT2D eigenvalue weighted by Gasteiger charge is 2.30. The summed E-state index contributed by atoms with van der Waals surface area (Å²) in [7, 11) is 3.39. The standard InChI is InChI=1S/C17H27NO2S/c1-19-15-8-7-14(16(11-15)20-2)12-18-13-17(21-3)9-5-4-6-10-17/h7-8,11,18H,4-6,9-10,12-13H2,1-3H3. The predicted octanol–water partition coefficient (Wildman–Crippen LogP) is 3.86. The van der Waals surface area contributed by atoms with Gasteiger partial charge in [-0.2, -0.15) is 11.8 Å². The van der Waals surface area contributed by atoms with Crippen LogP contribution in [-0.2, 0) is 6.54 Å². The molecule has 0 heterocycles. The molecule has 1 aliphatic rings. The van der Waals surface area contributed by atoms with Gasteiger partial charge < -0.3 is 14.8 Å². The molecule has 0 saturated heterocycles. The minimum atomic E-state index is 0.429. The van der Waals surface area contributed by atoms with E-state index in [1.54, 1.807) is 14.2 Å². The van der Waals surface area contributed by atoms with Crippen LogP contribution in [0.3, 0.4) is 0 Å². The van der Waals surface area contributed by atoms with Crippen LogP contribution in [0.1, 0.15) is 37.7 Å². The van der Waals surface area contributed by atoms with Gasteiger partial charge in [0.25, 0.3) is 0 Å². The van der Waals surface area contributed by atoms with E-state index in [1.807, 2.05) is 23.9 Å². The van der Waals surface area contributed by atoms with Gasteiger partial charge >= 0.3 is 0 Å². The first-order chi connectivity index (χ1) is 10.2. The second kappa shape index (κ2) is 7.95. The third kappa shape index (κ3) is 4.30. The van der Waals surface area contributed by atoms with Gasteiger partial charge in [-0.05, 0) is 25.2 Å². The molecule has 3 nitrogen and oxygen atoms in total. The molecular formula is C17H27NO2S. The highest BCUT2D eigenvalue weighted by Crippen LogP contribution is 2.38. The van der Waals surface area contributed by atoms with Crippen LogP contribution in [0.15, 0.2) is 18.2 Å². The summed E-state index contributed by atoms with van der Waals surface area (Å²) in [5, 5.41) is 3.63. The average molecular weight is 309 g/mol. The Hall–Kier alpha value is -0.870. The highest BCUT2D eigenvalue weighted by molar-refractivity contribution is 8.00. The Kier molecular flexibility index (Phi) is 6.24. The largest absolute Gasteiger partial charge is 0.497 e. The summed E-state index contributed by atoms with van der Waals surface area (Å²) in [6.45, 7) is 1.92. The number of benzene rings is 1. The Labute approximate surface area is 132 Å². The molecule has 1 N–H and O–H groups in total. The van der Waals surface area contributed by atoms with Crippen molar-refractivity contribution < 1.29 is 9.47 Å². The fourth-order valence-corrected chi connectivity index (χ4v) is 4.02. The predicted molar refractivity (Wildman–Crippen MR) is 90.6 cm³/mol. The SMILES string of the molecule is COc1ccc(CNCC2(SC)CCCCC2)c(OC)c1. The highest BCUT2D eigenvalue weighted by atomic mass is 32.2. The van der Waals surface area contributed by atoms with E-state index in [1.165, 1.54) is 37.7 Å². The molecule has 1 saturated carbocycles. The molecule has 0 bridgehead atoms. The minimum absolute atomic E-state index is 0.429. The summed E-state index contributed by atoms with van der Waals surface area (Å²) in [4.78, 5) is 0. The summed E-state index contributed by atoms with van der Waals surface area (Å²) in [6.07, 6.45) is 9.06. The zero-order chi connectivity index (χ0) is 15.1. The zero-order valence-corrected chi connectivity index (χ0v) is 14.2. The van der Waals surface area contributed by atoms with Gasteiger partial charge in [0.1, 0.15) is 11.5 Å². The average Bonchev–Trinajstić information content (AvgIpc) is 2.56. The number of hydrogen-bond acceptors (Lipinski definition) is 4. The van der Waals surface area contributed by atoms with Crippen molar-refractivity contribution in [3.8, 4) is 11.5 Å². The van der Waals surface area contributed by atoms with Crippen molar-refractivity contribution in [1.82, 2.24) is 5.32 Å². The van der Waals surface area contributed by atoms with Crippen molar-refractivity contribution in [3.05, 3.63) is 23.8 Å². The van der Waals surface area contributed by atoms with Crippen LogP contribution in [0.25, 0.3) is 0 Å². The van der Waals surface area contributed by atoms with Gasteiger partial charge in [-0.15, -0.1) is 0 Å². The van der Waals surface area contributed by atoms with Crippen LogP contribution in [-0.4, -0.2) is 31.8 Å². The van der Waals surface area contributed by atoms with Gasteiger partial charge in [-0.25, -0.2) is 0 Å². The van der Waals surface area contributed by atoms with Crippen molar-refractivity contribution in [2.75, 3.05) is 27.0 Å². The summed E-state index contributed by atoms with van der Waals surface area (Å²) in [5.41, 5.74) is 1.19. The molecule has 0 spiro atoms. The lowest BCUT2D eigenvalue weighted by Crippen LogP contribution is -2.39. The summed E-state index contributed by atoms with van der Waals surface area (Å²) in [6, 6.07) is 6.02. The third-order valence-electron chi connectivity index (χ3n) is 4.45. The van der Waals surface area contributed by atoms with E-state index in [4.69, 9.17) is 9.47 Å². The Morgan fingerprint density at radius 2 is 1.90 bits per heavy atom. The first kappa shape index (κ1) is 16.5. The van der Waals surface area contributed by atoms with Crippen LogP contribution in [0.2, 0.25) is 0 Å². The maximum atomic E-state index is 5.46. The van der Waals surface area contributed by atoms with E-state index in [0.29, 0.717) is 4.75 Å². The summed E-state index contributed by atoms with van der Waals surface area (Å²) >= 11 is 2.03. The van der Waals surface area contributed by atoms with Gasteiger partial charge in [0.05, 0.1) is 14.2 Å². The lowest BCUT2D eigenvalue weighted by atomic mass is 9.88. The second-order valence-corrected chi connectivity index (χ2v) is 7.00. The molecule has 0 amide bonds. The monoisotopic (exact) mass is 309 g/mol. The third-order valence-corrected chi connectivity index (χ3v) is 5.87. The Bertz CT molecular complexity index is 444. The lowest BCUT2D eigenvalue weighted by Gasteiger charge is -2.36.